The molecule has 2 aromatic carbocycles. The molecule has 0 bridgehead atoms. The van der Waals surface area contributed by atoms with Gasteiger partial charge >= 0.3 is 0 Å². The van der Waals surface area contributed by atoms with E-state index in [-0.39, 0.29) is 11.3 Å². The Morgan fingerprint density at radius 2 is 1.56 bits per heavy atom. The van der Waals surface area contributed by atoms with E-state index in [0.717, 1.165) is 11.1 Å². The molecular weight excluding hydrogens is 324 g/mol. The van der Waals surface area contributed by atoms with Crippen LogP contribution in [0.15, 0.2) is 78.9 Å². The van der Waals surface area contributed by atoms with E-state index in [4.69, 9.17) is 0 Å². The van der Waals surface area contributed by atoms with Crippen LogP contribution in [0, 0.1) is 5.92 Å². The number of benzene rings is 2. The molecule has 1 aliphatic rings. The number of allylic oxidation sites excluding steroid dienone is 3. The highest BCUT2D eigenvalue weighted by molar-refractivity contribution is 5.55. The molecule has 140 valence electrons. The zero-order chi connectivity index (χ0) is 19.8. The molecule has 2 aromatic rings. The zero-order valence-corrected chi connectivity index (χ0v) is 17.4. The smallest absolute Gasteiger partial charge is 0.0247 e. The number of hydrogen-bond acceptors (Lipinski definition) is 0. The molecule has 0 heterocycles. The topological polar surface area (TPSA) is 0 Å². The van der Waals surface area contributed by atoms with Crippen molar-refractivity contribution in [3.05, 3.63) is 101 Å². The van der Waals surface area contributed by atoms with Gasteiger partial charge in [0, 0.05) is 11.8 Å². The second-order valence-electron chi connectivity index (χ2n) is 8.77. The van der Waals surface area contributed by atoms with Crippen molar-refractivity contribution in [3.63, 3.8) is 0 Å². The van der Waals surface area contributed by atoms with E-state index >= 15 is 0 Å². The third kappa shape index (κ3) is 3.58. The molecule has 2 atom stereocenters. The number of fused-ring (bicyclic) bond motifs is 1. The van der Waals surface area contributed by atoms with Gasteiger partial charge in [-0.05, 0) is 47.4 Å². The van der Waals surface area contributed by atoms with Gasteiger partial charge in [0.1, 0.15) is 0 Å². The molecule has 0 saturated carbocycles. The van der Waals surface area contributed by atoms with Gasteiger partial charge in [-0.1, -0.05) is 106 Å². The maximum absolute atomic E-state index is 4.13. The van der Waals surface area contributed by atoms with Gasteiger partial charge in [0.25, 0.3) is 0 Å². The minimum atomic E-state index is 0.214. The lowest BCUT2D eigenvalue weighted by Crippen LogP contribution is -2.22. The van der Waals surface area contributed by atoms with Crippen LogP contribution in [0.25, 0.3) is 6.08 Å². The summed E-state index contributed by atoms with van der Waals surface area (Å²) >= 11 is 0. The van der Waals surface area contributed by atoms with E-state index in [1.807, 2.05) is 0 Å². The molecule has 0 unspecified atom stereocenters. The monoisotopic (exact) mass is 356 g/mol. The van der Waals surface area contributed by atoms with Crippen molar-refractivity contribution >= 4 is 6.08 Å². The lowest BCUT2D eigenvalue weighted by Gasteiger charge is -2.27. The molecule has 1 aliphatic carbocycles. The second kappa shape index (κ2) is 7.35. The summed E-state index contributed by atoms with van der Waals surface area (Å²) in [6.07, 6.45) is 4.67. The van der Waals surface area contributed by atoms with E-state index in [2.05, 4.69) is 108 Å². The highest BCUT2D eigenvalue weighted by Gasteiger charge is 2.41. The van der Waals surface area contributed by atoms with Crippen LogP contribution in [-0.2, 0) is 5.41 Å². The van der Waals surface area contributed by atoms with Crippen LogP contribution in [0.1, 0.15) is 68.7 Å². The quantitative estimate of drug-likeness (QED) is 0.483. The van der Waals surface area contributed by atoms with Gasteiger partial charge in [0.15, 0.2) is 0 Å². The standard InChI is InChI=1S/C27H32/c1-18(2)26(19(3)4)22-15-12-21(13-16-22)14-17-23-20(5)27(6,7)25-11-9-8-10-24(23)25/h8-17,20,23,26H,1,3H2,2,4-7H3/t20-,23-/m1/s1. The summed E-state index contributed by atoms with van der Waals surface area (Å²) in [6, 6.07) is 17.8. The Balaban J connectivity index is 1.85. The Labute approximate surface area is 165 Å². The molecule has 27 heavy (non-hydrogen) atoms. The van der Waals surface area contributed by atoms with E-state index in [9.17, 15) is 0 Å². The van der Waals surface area contributed by atoms with Gasteiger partial charge in [0.2, 0.25) is 0 Å². The molecular formula is C27H32. The first-order valence-electron chi connectivity index (χ1n) is 9.92. The van der Waals surface area contributed by atoms with E-state index < -0.39 is 0 Å². The molecule has 0 amide bonds. The van der Waals surface area contributed by atoms with Gasteiger partial charge in [0.05, 0.1) is 0 Å². The zero-order valence-electron chi connectivity index (χ0n) is 17.4. The molecule has 0 aromatic heterocycles. The third-order valence-corrected chi connectivity index (χ3v) is 6.44. The Kier molecular flexibility index (Phi) is 5.29. The molecule has 0 heteroatoms. The fraction of sp³-hybridized carbons (Fsp3) is 0.333. The molecule has 3 rings (SSSR count). The van der Waals surface area contributed by atoms with Crippen LogP contribution in [-0.4, -0.2) is 0 Å². The number of rotatable bonds is 5. The predicted octanol–water partition coefficient (Wildman–Crippen LogP) is 7.65. The van der Waals surface area contributed by atoms with Crippen molar-refractivity contribution in [1.82, 2.24) is 0 Å². The minimum absolute atomic E-state index is 0.214. The lowest BCUT2D eigenvalue weighted by molar-refractivity contribution is 0.357. The van der Waals surface area contributed by atoms with E-state index in [0.29, 0.717) is 11.8 Å². The highest BCUT2D eigenvalue weighted by atomic mass is 14.5. The molecule has 0 radical (unpaired) electrons. The first kappa shape index (κ1) is 19.4. The predicted molar refractivity (Wildman–Crippen MR) is 119 cm³/mol. The Bertz CT molecular complexity index is 863. The van der Waals surface area contributed by atoms with Crippen LogP contribution in [0.3, 0.4) is 0 Å². The maximum atomic E-state index is 4.13. The normalized spacial score (nSPS) is 20.8. The Hall–Kier alpha value is -2.34. The maximum Gasteiger partial charge on any atom is 0.0247 e. The largest absolute Gasteiger partial charge is 0.0992 e. The summed E-state index contributed by atoms with van der Waals surface area (Å²) in [5, 5.41) is 0. The van der Waals surface area contributed by atoms with Crippen molar-refractivity contribution < 1.29 is 0 Å². The van der Waals surface area contributed by atoms with Crippen molar-refractivity contribution in [3.8, 4) is 0 Å². The molecule has 0 spiro atoms. The van der Waals surface area contributed by atoms with Crippen molar-refractivity contribution in [2.24, 2.45) is 5.92 Å². The van der Waals surface area contributed by atoms with Crippen molar-refractivity contribution in [1.29, 1.82) is 0 Å². The first-order valence-corrected chi connectivity index (χ1v) is 9.92. The molecule has 0 fully saturated rings. The van der Waals surface area contributed by atoms with Crippen molar-refractivity contribution in [2.45, 2.75) is 51.9 Å². The molecule has 0 saturated heterocycles. The molecule has 0 N–H and O–H groups in total. The summed E-state index contributed by atoms with van der Waals surface area (Å²) in [7, 11) is 0. The summed E-state index contributed by atoms with van der Waals surface area (Å²) in [4.78, 5) is 0. The van der Waals surface area contributed by atoms with Gasteiger partial charge < -0.3 is 0 Å². The highest BCUT2D eigenvalue weighted by Crippen LogP contribution is 2.50. The van der Waals surface area contributed by atoms with Gasteiger partial charge in [-0.25, -0.2) is 0 Å². The molecule has 0 aliphatic heterocycles. The van der Waals surface area contributed by atoms with E-state index in [1.165, 1.54) is 22.3 Å². The van der Waals surface area contributed by atoms with Gasteiger partial charge in [-0.15, -0.1) is 0 Å². The Morgan fingerprint density at radius 1 is 0.963 bits per heavy atom. The SMILES string of the molecule is C=C(C)C(C(=C)C)c1ccc(C=C[C@H]2c3ccccc3C(C)(C)[C@@H]2C)cc1. The van der Waals surface area contributed by atoms with Gasteiger partial charge in [-0.3, -0.25) is 0 Å². The minimum Gasteiger partial charge on any atom is -0.0992 e. The second-order valence-corrected chi connectivity index (χ2v) is 8.77. The number of hydrogen-bond donors (Lipinski definition) is 0. The average molecular weight is 357 g/mol. The van der Waals surface area contributed by atoms with Crippen molar-refractivity contribution in [2.75, 3.05) is 0 Å². The van der Waals surface area contributed by atoms with E-state index in [1.54, 1.807) is 0 Å². The molecule has 0 nitrogen and oxygen atoms in total. The van der Waals surface area contributed by atoms with Crippen LogP contribution < -0.4 is 0 Å². The summed E-state index contributed by atoms with van der Waals surface area (Å²) in [5.74, 6) is 1.29. The fourth-order valence-electron chi connectivity index (χ4n) is 4.61. The third-order valence-electron chi connectivity index (χ3n) is 6.44. The van der Waals surface area contributed by atoms with Crippen LogP contribution in [0.5, 0.6) is 0 Å². The van der Waals surface area contributed by atoms with Crippen LogP contribution in [0.4, 0.5) is 0 Å². The Morgan fingerprint density at radius 3 is 2.15 bits per heavy atom. The lowest BCUT2D eigenvalue weighted by atomic mass is 9.77. The summed E-state index contributed by atoms with van der Waals surface area (Å²) in [5.41, 5.74) is 7.99. The first-order chi connectivity index (χ1) is 12.7. The van der Waals surface area contributed by atoms with Gasteiger partial charge in [-0.2, -0.15) is 0 Å². The average Bonchev–Trinajstić information content (AvgIpc) is 2.81. The fourth-order valence-corrected chi connectivity index (χ4v) is 4.61. The summed E-state index contributed by atoms with van der Waals surface area (Å²) in [6.45, 7) is 19.5. The summed E-state index contributed by atoms with van der Waals surface area (Å²) < 4.78 is 0. The van der Waals surface area contributed by atoms with Crippen LogP contribution in [0.2, 0.25) is 0 Å². The van der Waals surface area contributed by atoms with Crippen LogP contribution >= 0.6 is 0 Å².